The SMILES string of the molecule is C=C(N[C@@H](C)c1cc2cccc(C#Cc3cnn(C)c3)c2c(=O)n1-c1ccccc1)c1cnn2cccnc12. The van der Waals surface area contributed by atoms with Gasteiger partial charge in [-0.2, -0.15) is 10.2 Å². The summed E-state index contributed by atoms with van der Waals surface area (Å²) in [5.74, 6) is 6.33. The van der Waals surface area contributed by atoms with Crippen LogP contribution in [0.2, 0.25) is 0 Å². The van der Waals surface area contributed by atoms with Crippen molar-refractivity contribution in [3.63, 3.8) is 0 Å². The number of nitrogens with one attached hydrogen (secondary N) is 1. The Bertz CT molecular complexity index is 1970. The third-order valence-electron chi connectivity index (χ3n) is 6.57. The zero-order valence-electron chi connectivity index (χ0n) is 21.5. The van der Waals surface area contributed by atoms with Crippen LogP contribution in [0.5, 0.6) is 0 Å². The number of para-hydroxylation sites is 1. The Morgan fingerprint density at radius 3 is 2.67 bits per heavy atom. The van der Waals surface area contributed by atoms with E-state index >= 15 is 0 Å². The van der Waals surface area contributed by atoms with Crippen molar-refractivity contribution in [1.29, 1.82) is 0 Å². The minimum Gasteiger partial charge on any atom is -0.377 e. The molecule has 0 saturated heterocycles. The highest BCUT2D eigenvalue weighted by Crippen LogP contribution is 2.25. The van der Waals surface area contributed by atoms with E-state index in [4.69, 9.17) is 0 Å². The smallest absolute Gasteiger partial charge is 0.264 e. The molecule has 1 atom stereocenters. The van der Waals surface area contributed by atoms with Crippen molar-refractivity contribution in [2.24, 2.45) is 7.05 Å². The Kier molecular flexibility index (Phi) is 6.02. The maximum atomic E-state index is 14.2. The lowest BCUT2D eigenvalue weighted by atomic mass is 10.0. The molecule has 0 aliphatic rings. The molecule has 0 amide bonds. The Morgan fingerprint density at radius 2 is 1.87 bits per heavy atom. The zero-order valence-corrected chi connectivity index (χ0v) is 21.5. The van der Waals surface area contributed by atoms with Crippen molar-refractivity contribution in [3.8, 4) is 17.5 Å². The fraction of sp³-hybridized carbons (Fsp3) is 0.0968. The van der Waals surface area contributed by atoms with Crippen molar-refractivity contribution in [2.75, 3.05) is 0 Å². The predicted molar refractivity (Wildman–Crippen MR) is 152 cm³/mol. The first-order valence-electron chi connectivity index (χ1n) is 12.5. The highest BCUT2D eigenvalue weighted by atomic mass is 16.1. The van der Waals surface area contributed by atoms with E-state index < -0.39 is 0 Å². The van der Waals surface area contributed by atoms with E-state index in [1.807, 2.05) is 87.0 Å². The average Bonchev–Trinajstić information content (AvgIpc) is 3.58. The van der Waals surface area contributed by atoms with Gasteiger partial charge in [-0.05, 0) is 42.6 Å². The second kappa shape index (κ2) is 9.80. The zero-order chi connectivity index (χ0) is 26.9. The van der Waals surface area contributed by atoms with Gasteiger partial charge in [-0.1, -0.05) is 48.8 Å². The van der Waals surface area contributed by atoms with Gasteiger partial charge in [0.25, 0.3) is 5.56 Å². The molecule has 4 heterocycles. The van der Waals surface area contributed by atoms with Crippen molar-refractivity contribution in [1.82, 2.24) is 34.3 Å². The van der Waals surface area contributed by atoms with Crippen molar-refractivity contribution < 1.29 is 0 Å². The molecule has 0 unspecified atom stereocenters. The van der Waals surface area contributed by atoms with E-state index in [9.17, 15) is 4.79 Å². The molecule has 0 aliphatic carbocycles. The van der Waals surface area contributed by atoms with Crippen LogP contribution in [-0.4, -0.2) is 28.9 Å². The van der Waals surface area contributed by atoms with E-state index in [-0.39, 0.29) is 11.6 Å². The first-order chi connectivity index (χ1) is 19.0. The number of benzene rings is 2. The maximum absolute atomic E-state index is 14.2. The van der Waals surface area contributed by atoms with Crippen LogP contribution in [0.15, 0.2) is 103 Å². The molecule has 0 fully saturated rings. The molecule has 39 heavy (non-hydrogen) atoms. The van der Waals surface area contributed by atoms with Gasteiger partial charge in [0.1, 0.15) is 0 Å². The summed E-state index contributed by atoms with van der Waals surface area (Å²) >= 11 is 0. The molecule has 0 spiro atoms. The number of aromatic nitrogens is 6. The van der Waals surface area contributed by atoms with Crippen LogP contribution in [0.4, 0.5) is 0 Å². The van der Waals surface area contributed by atoms with Gasteiger partial charge < -0.3 is 5.32 Å². The highest BCUT2D eigenvalue weighted by Gasteiger charge is 2.19. The molecule has 8 nitrogen and oxygen atoms in total. The van der Waals surface area contributed by atoms with E-state index in [1.54, 1.807) is 32.4 Å². The van der Waals surface area contributed by atoms with Gasteiger partial charge >= 0.3 is 0 Å². The summed E-state index contributed by atoms with van der Waals surface area (Å²) < 4.78 is 5.15. The maximum Gasteiger partial charge on any atom is 0.264 e. The third kappa shape index (κ3) is 4.47. The molecule has 0 bridgehead atoms. The minimum absolute atomic E-state index is 0.137. The summed E-state index contributed by atoms with van der Waals surface area (Å²) in [6, 6.07) is 19.0. The van der Waals surface area contributed by atoms with Crippen molar-refractivity contribution >= 4 is 22.1 Å². The molecule has 0 saturated carbocycles. The van der Waals surface area contributed by atoms with Gasteiger partial charge in [0, 0.05) is 48.3 Å². The Hall–Kier alpha value is -5.42. The topological polar surface area (TPSA) is 82.0 Å². The standard InChI is InChI=1S/C31H25N7O/c1-21(27-19-34-37-16-8-15-32-30(27)37)35-22(2)28-17-25-10-7-9-24(14-13-23-18-33-36(3)20-23)29(25)31(39)38(28)26-11-5-4-6-12-26/h4-12,15-20,22,35H,1H2,2-3H3/t22-/m0/s1. The minimum atomic E-state index is -0.265. The molecule has 6 aromatic rings. The van der Waals surface area contributed by atoms with Gasteiger partial charge in [-0.25, -0.2) is 9.50 Å². The van der Waals surface area contributed by atoms with Crippen LogP contribution < -0.4 is 10.9 Å². The van der Waals surface area contributed by atoms with Crippen LogP contribution in [0.1, 0.15) is 35.3 Å². The van der Waals surface area contributed by atoms with Crippen LogP contribution in [0.25, 0.3) is 27.8 Å². The summed E-state index contributed by atoms with van der Waals surface area (Å²) in [4.78, 5) is 18.6. The summed E-state index contributed by atoms with van der Waals surface area (Å²) in [6.07, 6.45) is 8.86. The summed E-state index contributed by atoms with van der Waals surface area (Å²) in [6.45, 7) is 6.26. The molecule has 0 radical (unpaired) electrons. The molecule has 8 heteroatoms. The second-order valence-corrected chi connectivity index (χ2v) is 9.26. The summed E-state index contributed by atoms with van der Waals surface area (Å²) in [5.41, 5.74) is 5.05. The highest BCUT2D eigenvalue weighted by molar-refractivity contribution is 5.88. The van der Waals surface area contributed by atoms with Gasteiger partial charge in [0.15, 0.2) is 5.65 Å². The molecule has 4 aromatic heterocycles. The van der Waals surface area contributed by atoms with E-state index in [0.717, 1.165) is 27.9 Å². The average molecular weight is 512 g/mol. The van der Waals surface area contributed by atoms with Crippen LogP contribution >= 0.6 is 0 Å². The largest absolute Gasteiger partial charge is 0.377 e. The summed E-state index contributed by atoms with van der Waals surface area (Å²) in [5, 5.41) is 13.4. The fourth-order valence-corrected chi connectivity index (χ4v) is 4.73. The van der Waals surface area contributed by atoms with E-state index in [2.05, 4.69) is 38.9 Å². The third-order valence-corrected chi connectivity index (χ3v) is 6.57. The number of rotatable bonds is 5. The lowest BCUT2D eigenvalue weighted by Gasteiger charge is -2.22. The Balaban J connectivity index is 1.47. The number of hydrogen-bond donors (Lipinski definition) is 1. The number of hydrogen-bond acceptors (Lipinski definition) is 5. The van der Waals surface area contributed by atoms with Gasteiger partial charge in [0.2, 0.25) is 0 Å². The molecule has 1 N–H and O–H groups in total. The first-order valence-corrected chi connectivity index (χ1v) is 12.5. The molecule has 190 valence electrons. The molecule has 0 aliphatic heterocycles. The normalized spacial score (nSPS) is 11.7. The fourth-order valence-electron chi connectivity index (χ4n) is 4.73. The second-order valence-electron chi connectivity index (χ2n) is 9.26. The van der Waals surface area contributed by atoms with Crippen molar-refractivity contribution in [2.45, 2.75) is 13.0 Å². The van der Waals surface area contributed by atoms with Crippen molar-refractivity contribution in [3.05, 3.63) is 131 Å². The van der Waals surface area contributed by atoms with Crippen LogP contribution in [0, 0.1) is 11.8 Å². The predicted octanol–water partition coefficient (Wildman–Crippen LogP) is 4.49. The Morgan fingerprint density at radius 1 is 1.03 bits per heavy atom. The number of nitrogens with zero attached hydrogens (tertiary/aromatic N) is 6. The number of fused-ring (bicyclic) bond motifs is 2. The van der Waals surface area contributed by atoms with Crippen LogP contribution in [-0.2, 0) is 7.05 Å². The van der Waals surface area contributed by atoms with Gasteiger partial charge in [0.05, 0.1) is 34.9 Å². The quantitative estimate of drug-likeness (QED) is 0.345. The first kappa shape index (κ1) is 23.9. The molecule has 6 rings (SSSR count). The lowest BCUT2D eigenvalue weighted by molar-refractivity contribution is 0.652. The Labute approximate surface area is 224 Å². The van der Waals surface area contributed by atoms with E-state index in [0.29, 0.717) is 22.3 Å². The lowest BCUT2D eigenvalue weighted by Crippen LogP contribution is -2.28. The van der Waals surface area contributed by atoms with Crippen LogP contribution in [0.3, 0.4) is 0 Å². The van der Waals surface area contributed by atoms with E-state index in [1.165, 1.54) is 0 Å². The number of pyridine rings is 1. The molecular formula is C31H25N7O. The molecule has 2 aromatic carbocycles. The molecular weight excluding hydrogens is 486 g/mol. The monoisotopic (exact) mass is 511 g/mol. The van der Waals surface area contributed by atoms with Gasteiger partial charge in [-0.15, -0.1) is 0 Å². The summed E-state index contributed by atoms with van der Waals surface area (Å²) in [7, 11) is 1.85. The van der Waals surface area contributed by atoms with Gasteiger partial charge in [-0.3, -0.25) is 14.0 Å². The number of aryl methyl sites for hydroxylation is 1.